The third-order valence-electron chi connectivity index (χ3n) is 6.18. The lowest BCUT2D eigenvalue weighted by atomic mass is 10.0. The molecule has 0 amide bonds. The number of allylic oxidation sites excluding steroid dienone is 4. The van der Waals surface area contributed by atoms with Gasteiger partial charge in [0.1, 0.15) is 6.10 Å². The molecule has 1 N–H and O–H groups in total. The minimum Gasteiger partial charge on any atom is -0.400 e. The molecule has 2 aromatic carbocycles. The molecule has 4 heteroatoms. The third kappa shape index (κ3) is 11.7. The van der Waals surface area contributed by atoms with Crippen LogP contribution in [0.4, 0.5) is 0 Å². The average Bonchev–Trinajstić information content (AvgIpc) is 3.50. The van der Waals surface area contributed by atoms with Crippen LogP contribution in [-0.4, -0.2) is 67.9 Å². The van der Waals surface area contributed by atoms with Gasteiger partial charge in [0.15, 0.2) is 0 Å². The molecule has 1 saturated heterocycles. The highest BCUT2D eigenvalue weighted by Crippen LogP contribution is 2.25. The number of aliphatic hydroxyl groups is 1. The van der Waals surface area contributed by atoms with Crippen LogP contribution in [0.3, 0.4) is 0 Å². The lowest BCUT2D eigenvalue weighted by molar-refractivity contribution is 0.0451. The molecule has 0 aromatic heterocycles. The van der Waals surface area contributed by atoms with Gasteiger partial charge in [0.05, 0.1) is 6.61 Å². The number of aliphatic hydroxyl groups excluding tert-OH is 1. The highest BCUT2D eigenvalue weighted by Gasteiger charge is 2.18. The van der Waals surface area contributed by atoms with Gasteiger partial charge >= 0.3 is 0 Å². The molecule has 2 aliphatic rings. The highest BCUT2D eigenvalue weighted by atomic mass is 16.5. The Kier molecular flexibility index (Phi) is 18.5. The van der Waals surface area contributed by atoms with E-state index in [2.05, 4.69) is 88.7 Å². The first-order chi connectivity index (χ1) is 17.9. The molecule has 36 heavy (non-hydrogen) atoms. The maximum Gasteiger partial charge on any atom is 0.108 e. The second kappa shape index (κ2) is 20.9. The lowest BCUT2D eigenvalue weighted by Crippen LogP contribution is -2.47. The van der Waals surface area contributed by atoms with Crippen LogP contribution in [0.15, 0.2) is 84.5 Å². The van der Waals surface area contributed by atoms with E-state index >= 15 is 0 Å². The van der Waals surface area contributed by atoms with Gasteiger partial charge in [-0.2, -0.15) is 0 Å². The number of nitrogens with zero attached hydrogens (tertiary/aromatic N) is 2. The summed E-state index contributed by atoms with van der Waals surface area (Å²) in [4.78, 5) is 5.17. The van der Waals surface area contributed by atoms with Crippen molar-refractivity contribution < 1.29 is 9.84 Å². The van der Waals surface area contributed by atoms with Crippen molar-refractivity contribution in [3.05, 3.63) is 95.6 Å². The predicted octanol–water partition coefficient (Wildman–Crippen LogP) is 6.74. The molecule has 200 valence electrons. The zero-order valence-electron chi connectivity index (χ0n) is 23.4. The van der Waals surface area contributed by atoms with Crippen LogP contribution >= 0.6 is 0 Å². The summed E-state index contributed by atoms with van der Waals surface area (Å²) >= 11 is 0. The van der Waals surface area contributed by atoms with Crippen LogP contribution in [0.5, 0.6) is 0 Å². The van der Waals surface area contributed by atoms with Crippen LogP contribution < -0.4 is 0 Å². The van der Waals surface area contributed by atoms with E-state index in [0.29, 0.717) is 0 Å². The molecule has 4 nitrogen and oxygen atoms in total. The van der Waals surface area contributed by atoms with Crippen molar-refractivity contribution >= 4 is 0 Å². The van der Waals surface area contributed by atoms with Gasteiger partial charge in [0.2, 0.25) is 0 Å². The SMILES string of the molecule is C1=CCC(CCCN2CCN(CCOC(c3ccccc3)c3ccccc3)CC2)=C1.CC.CC.CO. The maximum atomic E-state index is 7.00. The third-order valence-corrected chi connectivity index (χ3v) is 6.18. The van der Waals surface area contributed by atoms with Gasteiger partial charge < -0.3 is 14.7 Å². The van der Waals surface area contributed by atoms with Gasteiger partial charge in [-0.15, -0.1) is 0 Å². The normalized spacial score (nSPS) is 15.1. The molecule has 1 aliphatic heterocycles. The molecule has 2 aromatic rings. The average molecular weight is 495 g/mol. The Hall–Kier alpha value is -2.24. The zero-order valence-corrected chi connectivity index (χ0v) is 23.4. The Labute approximate surface area is 221 Å². The number of hydrogen-bond acceptors (Lipinski definition) is 4. The van der Waals surface area contributed by atoms with Crippen molar-refractivity contribution in [2.45, 2.75) is 53.1 Å². The Balaban J connectivity index is 0.00000101. The largest absolute Gasteiger partial charge is 0.400 e. The summed E-state index contributed by atoms with van der Waals surface area (Å²) in [5, 5.41) is 7.00. The van der Waals surface area contributed by atoms with Gasteiger partial charge in [-0.3, -0.25) is 4.90 Å². The molecule has 1 fully saturated rings. The number of benzene rings is 2. The summed E-state index contributed by atoms with van der Waals surface area (Å²) in [6.07, 6.45) is 10.4. The predicted molar refractivity (Wildman–Crippen MR) is 155 cm³/mol. The van der Waals surface area contributed by atoms with Crippen molar-refractivity contribution in [3.63, 3.8) is 0 Å². The van der Waals surface area contributed by atoms with Crippen LogP contribution in [0.1, 0.15) is 64.2 Å². The topological polar surface area (TPSA) is 35.9 Å². The summed E-state index contributed by atoms with van der Waals surface area (Å²) in [7, 11) is 1.00. The van der Waals surface area contributed by atoms with Gasteiger partial charge in [-0.05, 0) is 36.9 Å². The molecule has 0 bridgehead atoms. The smallest absolute Gasteiger partial charge is 0.108 e. The first kappa shape index (κ1) is 31.8. The lowest BCUT2D eigenvalue weighted by Gasteiger charge is -2.35. The first-order valence-corrected chi connectivity index (χ1v) is 13.8. The number of ether oxygens (including phenoxy) is 1. The first-order valence-electron chi connectivity index (χ1n) is 13.8. The molecule has 0 saturated carbocycles. The fourth-order valence-electron chi connectivity index (χ4n) is 4.38. The minimum atomic E-state index is 0.00747. The van der Waals surface area contributed by atoms with Crippen LogP contribution in [0, 0.1) is 0 Å². The summed E-state index contributed by atoms with van der Waals surface area (Å²) in [6.45, 7) is 15.6. The Morgan fingerprint density at radius 3 is 1.72 bits per heavy atom. The molecular weight excluding hydrogens is 444 g/mol. The van der Waals surface area contributed by atoms with E-state index in [9.17, 15) is 0 Å². The summed E-state index contributed by atoms with van der Waals surface area (Å²) in [5.74, 6) is 0. The quantitative estimate of drug-likeness (QED) is 0.397. The molecule has 0 spiro atoms. The zero-order chi connectivity index (χ0) is 26.4. The van der Waals surface area contributed by atoms with Crippen molar-refractivity contribution in [1.29, 1.82) is 0 Å². The van der Waals surface area contributed by atoms with E-state index in [4.69, 9.17) is 9.84 Å². The van der Waals surface area contributed by atoms with Crippen LogP contribution in [-0.2, 0) is 4.74 Å². The standard InChI is InChI=1S/C27H34N2O.2C2H6.CH4O/c1-3-13-25(14-4-1)27(26-15-5-2-6-16-26)30-23-22-29-20-18-28(19-21-29)17-9-12-24-10-7-8-11-24;3*1-2/h1-8,10,13-16,27H,9,11-12,17-23H2;2*1-2H3;2H,1H3. The Morgan fingerprint density at radius 1 is 0.750 bits per heavy atom. The van der Waals surface area contributed by atoms with Gasteiger partial charge in [-0.25, -0.2) is 0 Å². The highest BCUT2D eigenvalue weighted by molar-refractivity contribution is 5.29. The minimum absolute atomic E-state index is 0.00747. The Bertz CT molecular complexity index is 773. The molecule has 0 unspecified atom stereocenters. The fraction of sp³-hybridized carbons (Fsp3) is 0.500. The fourth-order valence-corrected chi connectivity index (χ4v) is 4.38. The van der Waals surface area contributed by atoms with E-state index in [1.165, 1.54) is 50.0 Å². The van der Waals surface area contributed by atoms with Gasteiger partial charge in [-0.1, -0.05) is 112 Å². The maximum absolute atomic E-state index is 7.00. The summed E-state index contributed by atoms with van der Waals surface area (Å²) < 4.78 is 6.40. The van der Waals surface area contributed by atoms with Crippen molar-refractivity contribution in [2.75, 3.05) is 53.0 Å². The molecule has 0 atom stereocenters. The number of rotatable bonds is 10. The molecule has 0 radical (unpaired) electrons. The van der Waals surface area contributed by atoms with Crippen LogP contribution in [0.2, 0.25) is 0 Å². The van der Waals surface area contributed by atoms with Crippen molar-refractivity contribution in [2.24, 2.45) is 0 Å². The van der Waals surface area contributed by atoms with E-state index in [0.717, 1.165) is 33.4 Å². The second-order valence-electron chi connectivity index (χ2n) is 8.32. The molecule has 4 rings (SSSR count). The number of hydrogen-bond donors (Lipinski definition) is 1. The second-order valence-corrected chi connectivity index (χ2v) is 8.32. The summed E-state index contributed by atoms with van der Waals surface area (Å²) in [5.41, 5.74) is 4.04. The van der Waals surface area contributed by atoms with E-state index in [-0.39, 0.29) is 6.10 Å². The summed E-state index contributed by atoms with van der Waals surface area (Å²) in [6, 6.07) is 21.1. The van der Waals surface area contributed by atoms with E-state index < -0.39 is 0 Å². The molecular formula is C32H50N2O2. The van der Waals surface area contributed by atoms with Crippen LogP contribution in [0.25, 0.3) is 0 Å². The molecule has 1 aliphatic carbocycles. The van der Waals surface area contributed by atoms with E-state index in [1.807, 2.05) is 27.7 Å². The Morgan fingerprint density at radius 2 is 1.25 bits per heavy atom. The van der Waals surface area contributed by atoms with Crippen molar-refractivity contribution in [3.8, 4) is 0 Å². The van der Waals surface area contributed by atoms with Gasteiger partial charge in [0, 0.05) is 39.8 Å². The molecule has 1 heterocycles. The van der Waals surface area contributed by atoms with Crippen molar-refractivity contribution in [1.82, 2.24) is 9.80 Å². The number of piperazine rings is 1. The van der Waals surface area contributed by atoms with E-state index in [1.54, 1.807) is 5.57 Å². The van der Waals surface area contributed by atoms with Gasteiger partial charge in [0.25, 0.3) is 0 Å². The monoisotopic (exact) mass is 494 g/mol.